The maximum Gasteiger partial charge on any atom is 0.104 e. The third kappa shape index (κ3) is 3.13. The number of aliphatic hydroxyl groups excluding tert-OH is 1. The van der Waals surface area contributed by atoms with Gasteiger partial charge < -0.3 is 5.11 Å². The number of halogens is 3. The standard InChI is InChI=1S/C13H9Cl2IO/c14-11-6-3-9(7-12(11)15)13(17)8-1-4-10(16)5-2-8/h1-7,13,17H. The minimum atomic E-state index is -0.679. The fourth-order valence-corrected chi connectivity index (χ4v) is 2.19. The van der Waals surface area contributed by atoms with Crippen LogP contribution in [-0.4, -0.2) is 5.11 Å². The molecule has 1 nitrogen and oxygen atoms in total. The summed E-state index contributed by atoms with van der Waals surface area (Å²) in [5.41, 5.74) is 1.57. The topological polar surface area (TPSA) is 20.2 Å². The van der Waals surface area contributed by atoms with E-state index in [1.165, 1.54) is 0 Å². The van der Waals surface area contributed by atoms with Crippen molar-refractivity contribution in [1.29, 1.82) is 0 Å². The largest absolute Gasteiger partial charge is 0.384 e. The van der Waals surface area contributed by atoms with E-state index in [4.69, 9.17) is 23.2 Å². The predicted octanol–water partition coefficient (Wildman–Crippen LogP) is 4.68. The molecule has 0 radical (unpaired) electrons. The quantitative estimate of drug-likeness (QED) is 0.752. The highest BCUT2D eigenvalue weighted by Crippen LogP contribution is 2.28. The lowest BCUT2D eigenvalue weighted by atomic mass is 10.0. The Hall–Kier alpha value is -0.290. The van der Waals surface area contributed by atoms with E-state index in [2.05, 4.69) is 22.6 Å². The molecule has 0 aliphatic carbocycles. The van der Waals surface area contributed by atoms with Crippen molar-refractivity contribution in [2.24, 2.45) is 0 Å². The van der Waals surface area contributed by atoms with Gasteiger partial charge in [0.05, 0.1) is 10.0 Å². The van der Waals surface area contributed by atoms with Crippen molar-refractivity contribution in [3.8, 4) is 0 Å². The second kappa shape index (κ2) is 5.57. The van der Waals surface area contributed by atoms with Gasteiger partial charge in [0, 0.05) is 3.57 Å². The lowest BCUT2D eigenvalue weighted by molar-refractivity contribution is 0.220. The highest BCUT2D eigenvalue weighted by atomic mass is 127. The Morgan fingerprint density at radius 1 is 0.882 bits per heavy atom. The SMILES string of the molecule is OC(c1ccc(I)cc1)c1ccc(Cl)c(Cl)c1. The number of aliphatic hydroxyl groups is 1. The van der Waals surface area contributed by atoms with Crippen molar-refractivity contribution in [2.75, 3.05) is 0 Å². The molecule has 0 saturated carbocycles. The zero-order valence-corrected chi connectivity index (χ0v) is 12.4. The van der Waals surface area contributed by atoms with Crippen LogP contribution in [0.15, 0.2) is 42.5 Å². The predicted molar refractivity (Wildman–Crippen MR) is 79.7 cm³/mol. The summed E-state index contributed by atoms with van der Waals surface area (Å²) >= 11 is 14.0. The average molecular weight is 379 g/mol. The molecule has 0 saturated heterocycles. The van der Waals surface area contributed by atoms with Crippen LogP contribution in [0, 0.1) is 3.57 Å². The highest BCUT2D eigenvalue weighted by Gasteiger charge is 2.11. The molecule has 0 aliphatic rings. The molecule has 2 aromatic rings. The van der Waals surface area contributed by atoms with Gasteiger partial charge in [0.2, 0.25) is 0 Å². The van der Waals surface area contributed by atoms with Gasteiger partial charge in [-0.2, -0.15) is 0 Å². The Bertz CT molecular complexity index is 525. The summed E-state index contributed by atoms with van der Waals surface area (Å²) in [5, 5.41) is 11.1. The van der Waals surface area contributed by atoms with Crippen molar-refractivity contribution in [3.63, 3.8) is 0 Å². The van der Waals surface area contributed by atoms with Crippen molar-refractivity contribution < 1.29 is 5.11 Å². The fourth-order valence-electron chi connectivity index (χ4n) is 1.52. The van der Waals surface area contributed by atoms with E-state index < -0.39 is 6.10 Å². The number of hydrogen-bond acceptors (Lipinski definition) is 1. The molecule has 2 rings (SSSR count). The van der Waals surface area contributed by atoms with Crippen LogP contribution in [0.4, 0.5) is 0 Å². The highest BCUT2D eigenvalue weighted by molar-refractivity contribution is 14.1. The summed E-state index contributed by atoms with van der Waals surface area (Å²) in [6.07, 6.45) is -0.679. The molecule has 0 amide bonds. The molecule has 1 atom stereocenters. The monoisotopic (exact) mass is 378 g/mol. The summed E-state index contributed by atoms with van der Waals surface area (Å²) in [5.74, 6) is 0. The van der Waals surface area contributed by atoms with E-state index in [0.717, 1.165) is 14.7 Å². The lowest BCUT2D eigenvalue weighted by Gasteiger charge is -2.12. The Kier molecular flexibility index (Phi) is 4.31. The molecule has 0 heterocycles. The molecule has 88 valence electrons. The van der Waals surface area contributed by atoms with Crippen molar-refractivity contribution in [1.82, 2.24) is 0 Å². The molecule has 0 aromatic heterocycles. The molecular weight excluding hydrogens is 370 g/mol. The van der Waals surface area contributed by atoms with Gasteiger partial charge in [0.1, 0.15) is 6.10 Å². The van der Waals surface area contributed by atoms with E-state index in [1.807, 2.05) is 24.3 Å². The van der Waals surface area contributed by atoms with Crippen LogP contribution in [-0.2, 0) is 0 Å². The lowest BCUT2D eigenvalue weighted by Crippen LogP contribution is -1.99. The second-order valence-electron chi connectivity index (χ2n) is 3.63. The zero-order valence-electron chi connectivity index (χ0n) is 8.70. The van der Waals surface area contributed by atoms with Crippen LogP contribution >= 0.6 is 45.8 Å². The van der Waals surface area contributed by atoms with Gasteiger partial charge >= 0.3 is 0 Å². The Balaban J connectivity index is 2.33. The molecule has 4 heteroatoms. The Labute approximate surface area is 124 Å². The minimum Gasteiger partial charge on any atom is -0.384 e. The average Bonchev–Trinajstić information content (AvgIpc) is 2.33. The summed E-state index contributed by atoms with van der Waals surface area (Å²) in [6.45, 7) is 0. The van der Waals surface area contributed by atoms with E-state index in [-0.39, 0.29) is 0 Å². The molecule has 0 fully saturated rings. The van der Waals surface area contributed by atoms with E-state index >= 15 is 0 Å². The third-order valence-electron chi connectivity index (χ3n) is 2.45. The van der Waals surface area contributed by atoms with Crippen LogP contribution in [0.25, 0.3) is 0 Å². The molecule has 1 unspecified atom stereocenters. The summed E-state index contributed by atoms with van der Waals surface area (Å²) in [6, 6.07) is 12.9. The summed E-state index contributed by atoms with van der Waals surface area (Å²) in [7, 11) is 0. The maximum absolute atomic E-state index is 10.2. The van der Waals surface area contributed by atoms with Gasteiger partial charge in [-0.15, -0.1) is 0 Å². The summed E-state index contributed by atoms with van der Waals surface area (Å²) < 4.78 is 1.13. The van der Waals surface area contributed by atoms with Gasteiger partial charge in [0.25, 0.3) is 0 Å². The zero-order chi connectivity index (χ0) is 12.4. The molecule has 1 N–H and O–H groups in total. The van der Waals surface area contributed by atoms with E-state index in [1.54, 1.807) is 18.2 Å². The van der Waals surface area contributed by atoms with Crippen LogP contribution in [0.1, 0.15) is 17.2 Å². The Morgan fingerprint density at radius 3 is 2.06 bits per heavy atom. The first kappa shape index (κ1) is 13.1. The third-order valence-corrected chi connectivity index (χ3v) is 3.90. The van der Waals surface area contributed by atoms with E-state index in [9.17, 15) is 5.11 Å². The van der Waals surface area contributed by atoms with Crippen molar-refractivity contribution in [3.05, 3.63) is 67.2 Å². The minimum absolute atomic E-state index is 0.453. The molecule has 0 aliphatic heterocycles. The van der Waals surface area contributed by atoms with Crippen LogP contribution in [0.2, 0.25) is 10.0 Å². The van der Waals surface area contributed by atoms with Gasteiger partial charge in [0.15, 0.2) is 0 Å². The van der Waals surface area contributed by atoms with Crippen LogP contribution in [0.3, 0.4) is 0 Å². The second-order valence-corrected chi connectivity index (χ2v) is 5.69. The van der Waals surface area contributed by atoms with E-state index in [0.29, 0.717) is 10.0 Å². The van der Waals surface area contributed by atoms with Crippen molar-refractivity contribution >= 4 is 45.8 Å². The Morgan fingerprint density at radius 2 is 1.47 bits per heavy atom. The molecule has 0 bridgehead atoms. The normalized spacial score (nSPS) is 12.5. The van der Waals surface area contributed by atoms with Gasteiger partial charge in [-0.25, -0.2) is 0 Å². The summed E-state index contributed by atoms with van der Waals surface area (Å²) in [4.78, 5) is 0. The molecular formula is C13H9Cl2IO. The van der Waals surface area contributed by atoms with Gasteiger partial charge in [-0.05, 0) is 58.0 Å². The first-order valence-electron chi connectivity index (χ1n) is 4.96. The van der Waals surface area contributed by atoms with Gasteiger partial charge in [-0.3, -0.25) is 0 Å². The number of benzene rings is 2. The first-order valence-corrected chi connectivity index (χ1v) is 6.80. The fraction of sp³-hybridized carbons (Fsp3) is 0.0769. The van der Waals surface area contributed by atoms with Gasteiger partial charge in [-0.1, -0.05) is 41.4 Å². The number of hydrogen-bond donors (Lipinski definition) is 1. The number of rotatable bonds is 2. The van der Waals surface area contributed by atoms with Crippen LogP contribution in [0.5, 0.6) is 0 Å². The molecule has 2 aromatic carbocycles. The smallest absolute Gasteiger partial charge is 0.104 e. The maximum atomic E-state index is 10.2. The van der Waals surface area contributed by atoms with Crippen molar-refractivity contribution in [2.45, 2.75) is 6.10 Å². The van der Waals surface area contributed by atoms with Crippen LogP contribution < -0.4 is 0 Å². The molecule has 0 spiro atoms. The first-order chi connectivity index (χ1) is 8.08. The molecule has 17 heavy (non-hydrogen) atoms.